The molecule has 3 aliphatic rings. The first-order valence-electron chi connectivity index (χ1n) is 8.44. The number of ether oxygens (including phenoxy) is 2. The molecule has 25 heavy (non-hydrogen) atoms. The largest absolute Gasteiger partial charge is 0.490 e. The van der Waals surface area contributed by atoms with Crippen molar-refractivity contribution >= 4 is 21.6 Å². The van der Waals surface area contributed by atoms with E-state index in [0.717, 1.165) is 43.1 Å². The van der Waals surface area contributed by atoms with Crippen molar-refractivity contribution in [2.45, 2.75) is 18.9 Å². The molecule has 132 valence electrons. The number of sulfonamides is 1. The van der Waals surface area contributed by atoms with E-state index in [9.17, 15) is 8.42 Å². The lowest BCUT2D eigenvalue weighted by Crippen LogP contribution is -2.38. The van der Waals surface area contributed by atoms with Gasteiger partial charge in [0.05, 0.1) is 19.0 Å². The molecule has 0 saturated carbocycles. The standard InChI is InChI=1S/C18H20N2O4S/c21-25(22)13-10-20-17(2-1-3-18(20)19-25)14-4-6-15(7-5-14)24-16-8-11-23-12-9-16/h1-7,16H,8-13H2. The Bertz CT molecular complexity index is 834. The topological polar surface area (TPSA) is 68.2 Å². The minimum Gasteiger partial charge on any atom is -0.490 e. The molecule has 0 amide bonds. The van der Waals surface area contributed by atoms with Gasteiger partial charge in [-0.1, -0.05) is 6.08 Å². The zero-order valence-corrected chi connectivity index (χ0v) is 14.6. The number of allylic oxidation sites excluding steroid dienone is 2. The summed E-state index contributed by atoms with van der Waals surface area (Å²) in [5.41, 5.74) is 1.96. The minimum absolute atomic E-state index is 0.0344. The molecule has 0 N–H and O–H groups in total. The minimum atomic E-state index is -3.34. The molecule has 0 unspecified atom stereocenters. The van der Waals surface area contributed by atoms with E-state index in [1.165, 1.54) is 0 Å². The van der Waals surface area contributed by atoms with Crippen LogP contribution < -0.4 is 4.74 Å². The molecular weight excluding hydrogens is 340 g/mol. The van der Waals surface area contributed by atoms with Crippen molar-refractivity contribution in [3.63, 3.8) is 0 Å². The molecule has 0 aromatic heterocycles. The fourth-order valence-corrected chi connectivity index (χ4v) is 4.13. The summed E-state index contributed by atoms with van der Waals surface area (Å²) in [6, 6.07) is 7.92. The highest BCUT2D eigenvalue weighted by molar-refractivity contribution is 7.90. The Kier molecular flexibility index (Phi) is 4.35. The van der Waals surface area contributed by atoms with Gasteiger partial charge >= 0.3 is 0 Å². The van der Waals surface area contributed by atoms with E-state index in [1.54, 1.807) is 6.08 Å². The van der Waals surface area contributed by atoms with Crippen molar-refractivity contribution in [1.29, 1.82) is 0 Å². The number of fused-ring (bicyclic) bond motifs is 1. The van der Waals surface area contributed by atoms with Crippen LogP contribution in [0.2, 0.25) is 0 Å². The van der Waals surface area contributed by atoms with Crippen molar-refractivity contribution in [3.05, 3.63) is 48.1 Å². The third-order valence-corrected chi connectivity index (χ3v) is 5.66. The molecule has 1 aromatic carbocycles. The van der Waals surface area contributed by atoms with E-state index >= 15 is 0 Å². The van der Waals surface area contributed by atoms with Crippen LogP contribution in [0.4, 0.5) is 0 Å². The van der Waals surface area contributed by atoms with E-state index in [0.29, 0.717) is 12.4 Å². The van der Waals surface area contributed by atoms with Gasteiger partial charge in [-0.15, -0.1) is 4.40 Å². The van der Waals surface area contributed by atoms with Crippen LogP contribution in [0.5, 0.6) is 5.75 Å². The van der Waals surface area contributed by atoms with Crippen LogP contribution in [-0.2, 0) is 14.8 Å². The number of rotatable bonds is 3. The number of amidine groups is 1. The first-order valence-corrected chi connectivity index (χ1v) is 10.0. The van der Waals surface area contributed by atoms with Gasteiger partial charge in [0.25, 0.3) is 10.0 Å². The molecule has 7 heteroatoms. The molecule has 0 radical (unpaired) electrons. The number of nitrogens with zero attached hydrogens (tertiary/aromatic N) is 2. The number of benzene rings is 1. The third-order valence-electron chi connectivity index (χ3n) is 4.49. The van der Waals surface area contributed by atoms with Crippen molar-refractivity contribution < 1.29 is 17.9 Å². The maximum Gasteiger partial charge on any atom is 0.256 e. The molecule has 0 spiro atoms. The summed E-state index contributed by atoms with van der Waals surface area (Å²) >= 11 is 0. The summed E-state index contributed by atoms with van der Waals surface area (Å²) in [4.78, 5) is 1.94. The smallest absolute Gasteiger partial charge is 0.256 e. The van der Waals surface area contributed by atoms with Gasteiger partial charge < -0.3 is 14.4 Å². The molecule has 0 aliphatic carbocycles. The fourth-order valence-electron chi connectivity index (χ4n) is 3.18. The van der Waals surface area contributed by atoms with E-state index in [-0.39, 0.29) is 11.9 Å². The van der Waals surface area contributed by atoms with Gasteiger partial charge in [-0.05, 0) is 42.0 Å². The van der Waals surface area contributed by atoms with Gasteiger partial charge in [0.2, 0.25) is 0 Å². The highest BCUT2D eigenvalue weighted by atomic mass is 32.2. The highest BCUT2D eigenvalue weighted by Gasteiger charge is 2.27. The van der Waals surface area contributed by atoms with Crippen LogP contribution >= 0.6 is 0 Å². The van der Waals surface area contributed by atoms with E-state index in [1.807, 2.05) is 41.3 Å². The van der Waals surface area contributed by atoms with E-state index in [4.69, 9.17) is 9.47 Å². The van der Waals surface area contributed by atoms with Crippen LogP contribution in [0.25, 0.3) is 5.70 Å². The first-order chi connectivity index (χ1) is 12.1. The molecule has 3 aliphatic heterocycles. The fraction of sp³-hybridized carbons (Fsp3) is 0.389. The van der Waals surface area contributed by atoms with Gasteiger partial charge in [-0.2, -0.15) is 0 Å². The molecular formula is C18H20N2O4S. The number of hydrogen-bond donors (Lipinski definition) is 0. The van der Waals surface area contributed by atoms with Crippen LogP contribution in [0, 0.1) is 0 Å². The van der Waals surface area contributed by atoms with Gasteiger partial charge in [0, 0.05) is 25.1 Å². The second-order valence-corrected chi connectivity index (χ2v) is 8.01. The molecule has 6 nitrogen and oxygen atoms in total. The monoisotopic (exact) mass is 360 g/mol. The van der Waals surface area contributed by atoms with E-state index in [2.05, 4.69) is 4.40 Å². The lowest BCUT2D eigenvalue weighted by molar-refractivity contribution is 0.0256. The SMILES string of the molecule is O=S1(=O)CCN2C(c3ccc(OC4CCOCC4)cc3)=CC=CC2=N1. The van der Waals surface area contributed by atoms with Crippen molar-refractivity contribution in [2.24, 2.45) is 4.40 Å². The van der Waals surface area contributed by atoms with Crippen molar-refractivity contribution in [1.82, 2.24) is 4.90 Å². The maximum atomic E-state index is 11.7. The Morgan fingerprint density at radius 1 is 1.16 bits per heavy atom. The van der Waals surface area contributed by atoms with Crippen LogP contribution in [0.1, 0.15) is 18.4 Å². The first kappa shape index (κ1) is 16.4. The molecule has 1 aromatic rings. The average molecular weight is 360 g/mol. The lowest BCUT2D eigenvalue weighted by atomic mass is 10.1. The van der Waals surface area contributed by atoms with Crippen LogP contribution in [0.3, 0.4) is 0 Å². The Balaban J connectivity index is 1.52. The van der Waals surface area contributed by atoms with E-state index < -0.39 is 10.0 Å². The zero-order valence-electron chi connectivity index (χ0n) is 13.8. The Labute approximate surface area is 147 Å². The molecule has 4 rings (SSSR count). The summed E-state index contributed by atoms with van der Waals surface area (Å²) < 4.78 is 38.6. The quantitative estimate of drug-likeness (QED) is 0.827. The van der Waals surface area contributed by atoms with Crippen LogP contribution in [-0.4, -0.2) is 50.8 Å². The van der Waals surface area contributed by atoms with Gasteiger partial charge in [0.1, 0.15) is 17.7 Å². The molecule has 3 heterocycles. The summed E-state index contributed by atoms with van der Waals surface area (Å²) in [6.07, 6.45) is 7.58. The summed E-state index contributed by atoms with van der Waals surface area (Å²) in [5, 5.41) is 0. The second-order valence-electron chi connectivity index (χ2n) is 6.25. The molecule has 0 bridgehead atoms. The Morgan fingerprint density at radius 3 is 2.68 bits per heavy atom. The molecule has 0 atom stereocenters. The highest BCUT2D eigenvalue weighted by Crippen LogP contribution is 2.28. The van der Waals surface area contributed by atoms with Crippen molar-refractivity contribution in [3.8, 4) is 5.75 Å². The second kappa shape index (κ2) is 6.65. The zero-order chi connectivity index (χ0) is 17.3. The Hall–Kier alpha value is -2.12. The van der Waals surface area contributed by atoms with Crippen molar-refractivity contribution in [2.75, 3.05) is 25.5 Å². The number of hydrogen-bond acceptors (Lipinski definition) is 5. The van der Waals surface area contributed by atoms with Gasteiger partial charge in [-0.3, -0.25) is 0 Å². The molecule has 1 saturated heterocycles. The predicted octanol–water partition coefficient (Wildman–Crippen LogP) is 2.20. The predicted molar refractivity (Wildman–Crippen MR) is 96.0 cm³/mol. The third kappa shape index (κ3) is 3.62. The van der Waals surface area contributed by atoms with Crippen LogP contribution in [0.15, 0.2) is 46.9 Å². The maximum absolute atomic E-state index is 11.7. The van der Waals surface area contributed by atoms with Gasteiger partial charge in [-0.25, -0.2) is 8.42 Å². The van der Waals surface area contributed by atoms with Gasteiger partial charge in [0.15, 0.2) is 0 Å². The molecule has 1 fully saturated rings. The Morgan fingerprint density at radius 2 is 1.92 bits per heavy atom. The normalized spacial score (nSPS) is 22.8. The average Bonchev–Trinajstić information content (AvgIpc) is 2.62. The lowest BCUT2D eigenvalue weighted by Gasteiger charge is -2.31. The summed E-state index contributed by atoms with van der Waals surface area (Å²) in [6.45, 7) is 1.92. The summed E-state index contributed by atoms with van der Waals surface area (Å²) in [7, 11) is -3.34. The summed E-state index contributed by atoms with van der Waals surface area (Å²) in [5.74, 6) is 1.36.